The average Bonchev–Trinajstić information content (AvgIpc) is 3.54. The number of nitrogens with zero attached hydrogens (tertiary/aromatic N) is 8. The lowest BCUT2D eigenvalue weighted by Crippen LogP contribution is -2.36. The average molecular weight is 473 g/mol. The largest absolute Gasteiger partial charge is 0.378 e. The number of hydrogen-bond acceptors (Lipinski definition) is 9. The quantitative estimate of drug-likeness (QED) is 0.457. The van der Waals surface area contributed by atoms with Crippen molar-refractivity contribution in [1.29, 1.82) is 0 Å². The highest BCUT2D eigenvalue weighted by Gasteiger charge is 2.26. The van der Waals surface area contributed by atoms with Gasteiger partial charge in [0.25, 0.3) is 5.91 Å². The molecule has 4 aromatic rings. The molecule has 0 bridgehead atoms. The highest BCUT2D eigenvalue weighted by atomic mass is 16.5. The minimum atomic E-state index is -0.196. The van der Waals surface area contributed by atoms with E-state index in [1.165, 1.54) is 0 Å². The van der Waals surface area contributed by atoms with Crippen LogP contribution < -0.4 is 15.1 Å². The lowest BCUT2D eigenvalue weighted by atomic mass is 10.1. The van der Waals surface area contributed by atoms with Crippen LogP contribution >= 0.6 is 0 Å². The number of aromatic amines is 1. The predicted molar refractivity (Wildman–Crippen MR) is 130 cm³/mol. The Morgan fingerprint density at radius 1 is 1.17 bits per heavy atom. The van der Waals surface area contributed by atoms with E-state index in [4.69, 9.17) is 4.74 Å². The maximum Gasteiger partial charge on any atom is 0.255 e. The van der Waals surface area contributed by atoms with Crippen molar-refractivity contribution in [2.75, 3.05) is 48.5 Å². The predicted octanol–water partition coefficient (Wildman–Crippen LogP) is 1.81. The molecule has 3 aromatic heterocycles. The number of anilines is 3. The fraction of sp³-hybridized carbons (Fsp3) is 0.304. The van der Waals surface area contributed by atoms with Gasteiger partial charge in [-0.15, -0.1) is 0 Å². The Morgan fingerprint density at radius 2 is 2.03 bits per heavy atom. The zero-order valence-electron chi connectivity index (χ0n) is 19.4. The van der Waals surface area contributed by atoms with Crippen LogP contribution in [0, 0.1) is 0 Å². The summed E-state index contributed by atoms with van der Waals surface area (Å²) in [4.78, 5) is 21.7. The first-order valence-electron chi connectivity index (χ1n) is 11.4. The number of amides is 1. The van der Waals surface area contributed by atoms with Gasteiger partial charge in [-0.25, -0.2) is 9.67 Å². The number of morpholine rings is 1. The van der Waals surface area contributed by atoms with Crippen LogP contribution in [-0.4, -0.2) is 74.6 Å². The summed E-state index contributed by atoms with van der Waals surface area (Å²) < 4.78 is 7.06. The zero-order valence-corrected chi connectivity index (χ0v) is 19.4. The van der Waals surface area contributed by atoms with Crippen LogP contribution in [0.4, 0.5) is 17.5 Å². The second-order valence-corrected chi connectivity index (χ2v) is 8.55. The van der Waals surface area contributed by atoms with E-state index in [1.54, 1.807) is 10.9 Å². The van der Waals surface area contributed by atoms with Crippen molar-refractivity contribution in [3.05, 3.63) is 47.8 Å². The molecule has 0 aliphatic carbocycles. The zero-order chi connectivity index (χ0) is 23.9. The molecule has 0 atom stereocenters. The third-order valence-corrected chi connectivity index (χ3v) is 6.51. The van der Waals surface area contributed by atoms with Crippen molar-refractivity contribution in [3.63, 3.8) is 0 Å². The minimum absolute atomic E-state index is 0.196. The Hall–Kier alpha value is -4.32. The fourth-order valence-corrected chi connectivity index (χ4v) is 4.44. The second-order valence-electron chi connectivity index (χ2n) is 8.55. The summed E-state index contributed by atoms with van der Waals surface area (Å²) in [5.74, 6) is 1.31. The van der Waals surface area contributed by atoms with Crippen molar-refractivity contribution >= 4 is 34.3 Å². The van der Waals surface area contributed by atoms with Gasteiger partial charge in [-0.2, -0.15) is 5.10 Å². The van der Waals surface area contributed by atoms with Gasteiger partial charge in [-0.1, -0.05) is 5.10 Å². The lowest BCUT2D eigenvalue weighted by molar-refractivity contribution is -0.113. The molecule has 1 aromatic carbocycles. The summed E-state index contributed by atoms with van der Waals surface area (Å²) in [5.41, 5.74) is 4.73. The number of aromatic nitrogens is 7. The van der Waals surface area contributed by atoms with E-state index in [9.17, 15) is 4.79 Å². The molecule has 1 fully saturated rings. The molecule has 0 spiro atoms. The molecule has 2 aliphatic rings. The number of nitrogens with one attached hydrogen (secondary N) is 2. The van der Waals surface area contributed by atoms with Crippen molar-refractivity contribution < 1.29 is 9.53 Å². The number of ether oxygens (including phenoxy) is 1. The Morgan fingerprint density at radius 3 is 2.89 bits per heavy atom. The van der Waals surface area contributed by atoms with Gasteiger partial charge in [0.1, 0.15) is 11.5 Å². The fourth-order valence-electron chi connectivity index (χ4n) is 4.44. The van der Waals surface area contributed by atoms with Gasteiger partial charge >= 0.3 is 0 Å². The first-order valence-corrected chi connectivity index (χ1v) is 11.4. The lowest BCUT2D eigenvalue weighted by Gasteiger charge is -2.27. The molecule has 6 rings (SSSR count). The Bertz CT molecular complexity index is 1450. The summed E-state index contributed by atoms with van der Waals surface area (Å²) in [6, 6.07) is 9.70. The highest BCUT2D eigenvalue weighted by Crippen LogP contribution is 2.31. The molecule has 2 aliphatic heterocycles. The van der Waals surface area contributed by atoms with E-state index in [-0.39, 0.29) is 5.91 Å². The molecule has 35 heavy (non-hydrogen) atoms. The molecular weight excluding hydrogens is 448 g/mol. The summed E-state index contributed by atoms with van der Waals surface area (Å²) >= 11 is 0. The van der Waals surface area contributed by atoms with Crippen LogP contribution in [-0.2, 0) is 16.1 Å². The van der Waals surface area contributed by atoms with Crippen molar-refractivity contribution in [3.8, 4) is 11.3 Å². The van der Waals surface area contributed by atoms with Crippen LogP contribution in [0.2, 0.25) is 0 Å². The molecule has 0 radical (unpaired) electrons. The molecule has 0 unspecified atom stereocenters. The molecule has 1 amide bonds. The molecule has 1 saturated heterocycles. The first kappa shape index (κ1) is 21.2. The molecule has 0 saturated carbocycles. The molecular formula is C23H24N10O2. The number of allylic oxidation sites excluding steroid dienone is 1. The topological polar surface area (TPSA) is 130 Å². The van der Waals surface area contributed by atoms with Crippen LogP contribution in [0.5, 0.6) is 0 Å². The third-order valence-electron chi connectivity index (χ3n) is 6.51. The summed E-state index contributed by atoms with van der Waals surface area (Å²) in [6.45, 7) is 5.21. The van der Waals surface area contributed by atoms with Gasteiger partial charge in [0.2, 0.25) is 5.95 Å². The summed E-state index contributed by atoms with van der Waals surface area (Å²) in [7, 11) is 1.84. The number of H-pyrrole nitrogens is 1. The van der Waals surface area contributed by atoms with E-state index in [0.717, 1.165) is 46.8 Å². The summed E-state index contributed by atoms with van der Waals surface area (Å²) in [6.07, 6.45) is 1.80. The number of carbonyl (C=O) groups is 1. The maximum absolute atomic E-state index is 13.2. The number of pyridine rings is 1. The Labute approximate surface area is 200 Å². The van der Waals surface area contributed by atoms with Crippen molar-refractivity contribution in [2.45, 2.75) is 13.5 Å². The van der Waals surface area contributed by atoms with Gasteiger partial charge in [-0.05, 0) is 47.7 Å². The Balaban J connectivity index is 1.28. The number of fused-ring (bicyclic) bond motifs is 2. The van der Waals surface area contributed by atoms with Gasteiger partial charge in [0.15, 0.2) is 0 Å². The van der Waals surface area contributed by atoms with E-state index < -0.39 is 0 Å². The van der Waals surface area contributed by atoms with Gasteiger partial charge in [0, 0.05) is 48.7 Å². The van der Waals surface area contributed by atoms with Crippen molar-refractivity contribution in [1.82, 2.24) is 35.4 Å². The smallest absolute Gasteiger partial charge is 0.255 e. The van der Waals surface area contributed by atoms with Crippen molar-refractivity contribution in [2.24, 2.45) is 0 Å². The monoisotopic (exact) mass is 472 g/mol. The highest BCUT2D eigenvalue weighted by molar-refractivity contribution is 6.06. The number of carbonyl (C=O) groups excluding carboxylic acids is 1. The standard InChI is InChI=1S/C23H24N10O2/c1-14-18(13-33-23(31(14)2)28-29-30-33)22(34)25-16-3-4-19-17(12-16)21(27-26-19)15-5-6-24-20(11-15)32-7-9-35-10-8-32/h3-6,11-12H,7-10,13H2,1-2H3,(H,25,34)(H,26,27). The molecule has 178 valence electrons. The van der Waals surface area contributed by atoms with Gasteiger partial charge in [-0.3, -0.25) is 9.89 Å². The number of hydrogen-bond donors (Lipinski definition) is 2. The minimum Gasteiger partial charge on any atom is -0.378 e. The van der Waals surface area contributed by atoms with Gasteiger partial charge in [0.05, 0.1) is 30.8 Å². The summed E-state index contributed by atoms with van der Waals surface area (Å²) in [5, 5.41) is 23.3. The number of rotatable bonds is 4. The second kappa shape index (κ2) is 8.47. The molecule has 5 heterocycles. The van der Waals surface area contributed by atoms with Crippen LogP contribution in [0.3, 0.4) is 0 Å². The Kier molecular flexibility index (Phi) is 5.14. The number of tetrazole rings is 1. The van der Waals surface area contributed by atoms with Crippen LogP contribution in [0.15, 0.2) is 47.8 Å². The van der Waals surface area contributed by atoms with E-state index in [0.29, 0.717) is 37.0 Å². The first-order chi connectivity index (χ1) is 17.1. The van der Waals surface area contributed by atoms with Gasteiger partial charge < -0.3 is 19.9 Å². The van der Waals surface area contributed by atoms with E-state index in [1.807, 2.05) is 49.2 Å². The maximum atomic E-state index is 13.2. The van der Waals surface area contributed by atoms with Crippen LogP contribution in [0.1, 0.15) is 6.92 Å². The normalized spacial score (nSPS) is 16.1. The molecule has 12 nitrogen and oxygen atoms in total. The molecule has 2 N–H and O–H groups in total. The number of benzene rings is 1. The molecule has 12 heteroatoms. The SMILES string of the molecule is CC1=C(C(=O)Nc2ccc3[nH]nc(-c4ccnc(N5CCOCC5)c4)c3c2)Cn2nnnc2N1C. The van der Waals surface area contributed by atoms with Crippen LogP contribution in [0.25, 0.3) is 22.2 Å². The third kappa shape index (κ3) is 3.77. The van der Waals surface area contributed by atoms with E-state index >= 15 is 0 Å². The van der Waals surface area contributed by atoms with E-state index in [2.05, 4.69) is 40.9 Å².